The number of likely N-dealkylation sites (N-methyl/N-ethyl adjacent to an activating group) is 2. The normalized spacial score (nSPS) is 19.8. The van der Waals surface area contributed by atoms with Crippen molar-refractivity contribution in [1.29, 1.82) is 0 Å². The van der Waals surface area contributed by atoms with Crippen molar-refractivity contribution in [3.05, 3.63) is 0 Å². The van der Waals surface area contributed by atoms with Crippen molar-refractivity contribution in [1.82, 2.24) is 10.2 Å². The van der Waals surface area contributed by atoms with E-state index >= 15 is 0 Å². The van der Waals surface area contributed by atoms with Crippen molar-refractivity contribution in [2.75, 3.05) is 20.1 Å². The summed E-state index contributed by atoms with van der Waals surface area (Å²) in [6.45, 7) is 9.00. The van der Waals surface area contributed by atoms with Crippen LogP contribution in [0.4, 0.5) is 0 Å². The summed E-state index contributed by atoms with van der Waals surface area (Å²) in [5, 5.41) is 3.55. The van der Waals surface area contributed by atoms with Crippen molar-refractivity contribution in [3.8, 4) is 0 Å². The molecular weight excluding hydrogens is 184 g/mol. The predicted molar refractivity (Wildman–Crippen MR) is 67.3 cm³/mol. The summed E-state index contributed by atoms with van der Waals surface area (Å²) in [6.07, 6.45) is 7.10. The lowest BCUT2D eigenvalue weighted by molar-refractivity contribution is 0.150. The molecule has 1 rings (SSSR count). The van der Waals surface area contributed by atoms with Gasteiger partial charge in [-0.3, -0.25) is 0 Å². The molecule has 1 saturated carbocycles. The number of rotatable bonds is 5. The molecule has 90 valence electrons. The molecule has 2 heteroatoms. The Kier molecular flexibility index (Phi) is 5.07. The van der Waals surface area contributed by atoms with Crippen LogP contribution in [0.5, 0.6) is 0 Å². The molecule has 1 fully saturated rings. The molecule has 0 amide bonds. The maximum absolute atomic E-state index is 3.55. The van der Waals surface area contributed by atoms with Crippen LogP contribution < -0.4 is 5.32 Å². The van der Waals surface area contributed by atoms with Crippen molar-refractivity contribution >= 4 is 0 Å². The lowest BCUT2D eigenvalue weighted by Gasteiger charge is -2.37. The summed E-state index contributed by atoms with van der Waals surface area (Å²) in [4.78, 5) is 2.56. The van der Waals surface area contributed by atoms with Crippen molar-refractivity contribution in [2.45, 2.75) is 64.5 Å². The molecular formula is C13H28N2. The molecule has 0 unspecified atom stereocenters. The summed E-state index contributed by atoms with van der Waals surface area (Å²) in [5.41, 5.74) is 0.251. The van der Waals surface area contributed by atoms with Gasteiger partial charge in [-0.05, 0) is 40.3 Å². The zero-order chi connectivity index (χ0) is 11.3. The molecule has 0 aliphatic heterocycles. The standard InChI is InChI=1S/C13H28N2/c1-5-14-13(2,3)11-15(4)12-9-7-6-8-10-12/h12,14H,5-11H2,1-4H3. The van der Waals surface area contributed by atoms with Crippen LogP contribution in [0.2, 0.25) is 0 Å². The van der Waals surface area contributed by atoms with E-state index < -0.39 is 0 Å². The molecule has 1 aliphatic carbocycles. The van der Waals surface area contributed by atoms with E-state index in [9.17, 15) is 0 Å². The van der Waals surface area contributed by atoms with Gasteiger partial charge in [-0.25, -0.2) is 0 Å². The van der Waals surface area contributed by atoms with Gasteiger partial charge in [-0.15, -0.1) is 0 Å². The number of nitrogens with one attached hydrogen (secondary N) is 1. The van der Waals surface area contributed by atoms with Crippen LogP contribution >= 0.6 is 0 Å². The third kappa shape index (κ3) is 4.52. The second-order valence-corrected chi connectivity index (χ2v) is 5.62. The Labute approximate surface area is 95.4 Å². The predicted octanol–water partition coefficient (Wildman–Crippen LogP) is 2.64. The highest BCUT2D eigenvalue weighted by Gasteiger charge is 2.24. The fourth-order valence-corrected chi connectivity index (χ4v) is 2.81. The van der Waals surface area contributed by atoms with Gasteiger partial charge in [-0.1, -0.05) is 26.2 Å². The molecule has 0 bridgehead atoms. The van der Waals surface area contributed by atoms with Gasteiger partial charge in [0.1, 0.15) is 0 Å². The third-order valence-electron chi connectivity index (χ3n) is 3.50. The van der Waals surface area contributed by atoms with Crippen LogP contribution in [-0.4, -0.2) is 36.6 Å². The van der Waals surface area contributed by atoms with E-state index in [4.69, 9.17) is 0 Å². The smallest absolute Gasteiger partial charge is 0.0252 e. The second-order valence-electron chi connectivity index (χ2n) is 5.62. The average Bonchev–Trinajstić information content (AvgIpc) is 2.18. The summed E-state index contributed by atoms with van der Waals surface area (Å²) >= 11 is 0. The minimum absolute atomic E-state index is 0.251. The monoisotopic (exact) mass is 212 g/mol. The van der Waals surface area contributed by atoms with E-state index in [0.717, 1.165) is 19.1 Å². The number of nitrogens with zero attached hydrogens (tertiary/aromatic N) is 1. The molecule has 0 saturated heterocycles. The van der Waals surface area contributed by atoms with Gasteiger partial charge in [0, 0.05) is 18.1 Å². The first-order chi connectivity index (χ1) is 7.05. The Balaban J connectivity index is 2.35. The van der Waals surface area contributed by atoms with Gasteiger partial charge in [-0.2, -0.15) is 0 Å². The molecule has 1 N–H and O–H groups in total. The number of hydrogen-bond donors (Lipinski definition) is 1. The van der Waals surface area contributed by atoms with Crippen LogP contribution in [-0.2, 0) is 0 Å². The molecule has 0 atom stereocenters. The Morgan fingerprint density at radius 3 is 2.33 bits per heavy atom. The van der Waals surface area contributed by atoms with Crippen LogP contribution in [0.25, 0.3) is 0 Å². The first-order valence-corrected chi connectivity index (χ1v) is 6.50. The van der Waals surface area contributed by atoms with E-state index in [0.29, 0.717) is 0 Å². The van der Waals surface area contributed by atoms with E-state index in [2.05, 4.69) is 38.0 Å². The molecule has 1 aliphatic rings. The Morgan fingerprint density at radius 1 is 1.20 bits per heavy atom. The highest BCUT2D eigenvalue weighted by atomic mass is 15.2. The summed E-state index contributed by atoms with van der Waals surface area (Å²) in [5.74, 6) is 0. The molecule has 15 heavy (non-hydrogen) atoms. The molecule has 0 aromatic heterocycles. The van der Waals surface area contributed by atoms with E-state index in [-0.39, 0.29) is 5.54 Å². The minimum atomic E-state index is 0.251. The Bertz CT molecular complexity index is 171. The van der Waals surface area contributed by atoms with Crippen molar-refractivity contribution < 1.29 is 0 Å². The highest BCUT2D eigenvalue weighted by Crippen LogP contribution is 2.22. The first-order valence-electron chi connectivity index (χ1n) is 6.50. The van der Waals surface area contributed by atoms with Crippen LogP contribution in [0.1, 0.15) is 52.9 Å². The first kappa shape index (κ1) is 13.0. The summed E-state index contributed by atoms with van der Waals surface area (Å²) < 4.78 is 0. The fourth-order valence-electron chi connectivity index (χ4n) is 2.81. The van der Waals surface area contributed by atoms with Gasteiger partial charge in [0.15, 0.2) is 0 Å². The fraction of sp³-hybridized carbons (Fsp3) is 1.00. The van der Waals surface area contributed by atoms with E-state index in [1.807, 2.05) is 0 Å². The average molecular weight is 212 g/mol. The van der Waals surface area contributed by atoms with Gasteiger partial charge in [0.05, 0.1) is 0 Å². The SMILES string of the molecule is CCNC(C)(C)CN(C)C1CCCCC1. The minimum Gasteiger partial charge on any atom is -0.311 e. The lowest BCUT2D eigenvalue weighted by atomic mass is 9.93. The van der Waals surface area contributed by atoms with Gasteiger partial charge < -0.3 is 10.2 Å². The largest absolute Gasteiger partial charge is 0.311 e. The molecule has 0 aromatic carbocycles. The zero-order valence-electron chi connectivity index (χ0n) is 11.0. The quantitative estimate of drug-likeness (QED) is 0.753. The van der Waals surface area contributed by atoms with Crippen molar-refractivity contribution in [2.24, 2.45) is 0 Å². The van der Waals surface area contributed by atoms with Crippen LogP contribution in [0, 0.1) is 0 Å². The lowest BCUT2D eigenvalue weighted by Crippen LogP contribution is -2.50. The van der Waals surface area contributed by atoms with Gasteiger partial charge in [0.25, 0.3) is 0 Å². The van der Waals surface area contributed by atoms with Gasteiger partial charge in [0.2, 0.25) is 0 Å². The highest BCUT2D eigenvalue weighted by molar-refractivity contribution is 4.84. The third-order valence-corrected chi connectivity index (χ3v) is 3.50. The Morgan fingerprint density at radius 2 is 1.80 bits per heavy atom. The second kappa shape index (κ2) is 5.86. The number of hydrogen-bond acceptors (Lipinski definition) is 2. The molecule has 0 radical (unpaired) electrons. The molecule has 0 spiro atoms. The van der Waals surface area contributed by atoms with Crippen LogP contribution in [0.15, 0.2) is 0 Å². The van der Waals surface area contributed by atoms with E-state index in [1.54, 1.807) is 0 Å². The topological polar surface area (TPSA) is 15.3 Å². The molecule has 0 heterocycles. The maximum Gasteiger partial charge on any atom is 0.0252 e. The summed E-state index contributed by atoms with van der Waals surface area (Å²) in [7, 11) is 2.29. The van der Waals surface area contributed by atoms with E-state index in [1.165, 1.54) is 32.1 Å². The van der Waals surface area contributed by atoms with Gasteiger partial charge >= 0.3 is 0 Å². The zero-order valence-corrected chi connectivity index (χ0v) is 11.0. The molecule has 2 nitrogen and oxygen atoms in total. The van der Waals surface area contributed by atoms with Crippen LogP contribution in [0.3, 0.4) is 0 Å². The maximum atomic E-state index is 3.55. The molecule has 0 aromatic rings. The summed E-state index contributed by atoms with van der Waals surface area (Å²) in [6, 6.07) is 0.830. The Hall–Kier alpha value is -0.0800. The van der Waals surface area contributed by atoms with Crippen molar-refractivity contribution in [3.63, 3.8) is 0 Å².